The number of carbonyl (C=O) groups is 1. The second kappa shape index (κ2) is 9.20. The first-order chi connectivity index (χ1) is 15.1. The normalized spacial score (nSPS) is 12.3. The van der Waals surface area contributed by atoms with E-state index in [2.05, 4.69) is 12.0 Å². The van der Waals surface area contributed by atoms with E-state index < -0.39 is 0 Å². The van der Waals surface area contributed by atoms with Crippen LogP contribution >= 0.6 is 0 Å². The average molecular weight is 421 g/mol. The summed E-state index contributed by atoms with van der Waals surface area (Å²) in [6.07, 6.45) is 2.91. The summed E-state index contributed by atoms with van der Waals surface area (Å²) in [5.74, 6) is 1.21. The summed E-state index contributed by atoms with van der Waals surface area (Å²) in [5, 5.41) is 5.62. The van der Waals surface area contributed by atoms with Crippen LogP contribution in [0.2, 0.25) is 0 Å². The summed E-state index contributed by atoms with van der Waals surface area (Å²) in [7, 11) is 0. The Morgan fingerprint density at radius 2 is 1.84 bits per heavy atom. The third-order valence-corrected chi connectivity index (χ3v) is 5.52. The number of unbranched alkanes of at least 4 members (excludes halogenated alkanes) is 2. The molecule has 0 radical (unpaired) electrons. The molecule has 1 aliphatic heterocycles. The van der Waals surface area contributed by atoms with Gasteiger partial charge < -0.3 is 14.4 Å². The molecular weight excluding hydrogens is 394 g/mol. The Labute approximate surface area is 181 Å². The van der Waals surface area contributed by atoms with E-state index in [0.29, 0.717) is 47.6 Å². The van der Waals surface area contributed by atoms with Crippen LogP contribution in [0, 0.1) is 0 Å². The molecule has 3 aromatic rings. The van der Waals surface area contributed by atoms with Crippen molar-refractivity contribution >= 4 is 16.7 Å². The Balaban J connectivity index is 1.67. The number of benzene rings is 2. The van der Waals surface area contributed by atoms with Crippen LogP contribution in [-0.4, -0.2) is 33.9 Å². The van der Waals surface area contributed by atoms with E-state index in [0.717, 1.165) is 24.8 Å². The molecule has 162 valence electrons. The molecule has 0 saturated carbocycles. The quantitative estimate of drug-likeness (QED) is 0.515. The number of rotatable bonds is 8. The maximum absolute atomic E-state index is 13.5. The number of hydrogen-bond acceptors (Lipinski definition) is 5. The predicted octanol–water partition coefficient (Wildman–Crippen LogP) is 3.98. The Morgan fingerprint density at radius 1 is 1.06 bits per heavy atom. The molecule has 1 aliphatic rings. The molecule has 0 N–H and O–H groups in total. The zero-order valence-electron chi connectivity index (χ0n) is 18.0. The van der Waals surface area contributed by atoms with Crippen molar-refractivity contribution in [3.63, 3.8) is 0 Å². The Morgan fingerprint density at radius 3 is 2.61 bits per heavy atom. The lowest BCUT2D eigenvalue weighted by molar-refractivity contribution is 0.0746. The third kappa shape index (κ3) is 4.26. The Kier molecular flexibility index (Phi) is 6.21. The maximum atomic E-state index is 13.5. The molecule has 31 heavy (non-hydrogen) atoms. The Bertz CT molecular complexity index is 1160. The fourth-order valence-electron chi connectivity index (χ4n) is 3.79. The lowest BCUT2D eigenvalue weighted by atomic mass is 10.1. The second-order valence-electron chi connectivity index (χ2n) is 7.64. The van der Waals surface area contributed by atoms with E-state index in [9.17, 15) is 9.59 Å². The minimum absolute atomic E-state index is 0.151. The van der Waals surface area contributed by atoms with Crippen LogP contribution in [-0.2, 0) is 13.1 Å². The lowest BCUT2D eigenvalue weighted by Gasteiger charge is -2.22. The van der Waals surface area contributed by atoms with Gasteiger partial charge >= 0.3 is 0 Å². The molecule has 0 unspecified atom stereocenters. The van der Waals surface area contributed by atoms with Gasteiger partial charge in [0.2, 0.25) is 6.79 Å². The summed E-state index contributed by atoms with van der Waals surface area (Å²) in [4.78, 5) is 28.1. The van der Waals surface area contributed by atoms with Gasteiger partial charge in [0, 0.05) is 25.0 Å². The van der Waals surface area contributed by atoms with Crippen LogP contribution in [0.15, 0.2) is 47.3 Å². The monoisotopic (exact) mass is 421 g/mol. The molecule has 1 amide bonds. The molecule has 7 nitrogen and oxygen atoms in total. The van der Waals surface area contributed by atoms with E-state index in [1.54, 1.807) is 17.0 Å². The van der Waals surface area contributed by atoms with Crippen molar-refractivity contribution < 1.29 is 14.3 Å². The van der Waals surface area contributed by atoms with Gasteiger partial charge in [-0.05, 0) is 37.1 Å². The van der Waals surface area contributed by atoms with Crippen LogP contribution < -0.4 is 15.0 Å². The van der Waals surface area contributed by atoms with Crippen molar-refractivity contribution in [2.24, 2.45) is 0 Å². The van der Waals surface area contributed by atoms with Crippen molar-refractivity contribution in [1.29, 1.82) is 0 Å². The molecule has 0 spiro atoms. The van der Waals surface area contributed by atoms with Gasteiger partial charge in [-0.1, -0.05) is 44.0 Å². The van der Waals surface area contributed by atoms with Gasteiger partial charge in [-0.25, -0.2) is 4.68 Å². The van der Waals surface area contributed by atoms with Gasteiger partial charge in [0.25, 0.3) is 11.5 Å². The van der Waals surface area contributed by atoms with Gasteiger partial charge in [0.15, 0.2) is 17.2 Å². The largest absolute Gasteiger partial charge is 0.454 e. The molecule has 0 fully saturated rings. The molecule has 0 bridgehead atoms. The van der Waals surface area contributed by atoms with Crippen molar-refractivity contribution in [2.75, 3.05) is 13.3 Å². The summed E-state index contributed by atoms with van der Waals surface area (Å²) in [5.41, 5.74) is 1.11. The van der Waals surface area contributed by atoms with E-state index in [-0.39, 0.29) is 18.3 Å². The summed E-state index contributed by atoms with van der Waals surface area (Å²) in [6.45, 7) is 5.69. The molecule has 2 aromatic carbocycles. The van der Waals surface area contributed by atoms with E-state index in [1.807, 2.05) is 37.3 Å². The highest BCUT2D eigenvalue weighted by molar-refractivity contribution is 6.04. The molecule has 7 heteroatoms. The number of fused-ring (bicyclic) bond motifs is 2. The number of amides is 1. The SMILES string of the molecule is CCCCCn1nc(C(=O)N(CC)Cc2ccc3c(c2)OCO3)c2ccccc2c1=O. The number of aromatic nitrogens is 2. The fourth-order valence-corrected chi connectivity index (χ4v) is 3.79. The van der Waals surface area contributed by atoms with Gasteiger partial charge in [-0.2, -0.15) is 5.10 Å². The molecule has 2 heterocycles. The number of ether oxygens (including phenoxy) is 2. The van der Waals surface area contributed by atoms with E-state index in [4.69, 9.17) is 9.47 Å². The molecular formula is C24H27N3O4. The molecule has 0 aliphatic carbocycles. The first-order valence-electron chi connectivity index (χ1n) is 10.8. The van der Waals surface area contributed by atoms with Crippen molar-refractivity contribution in [3.05, 3.63) is 64.1 Å². The molecule has 0 atom stereocenters. The van der Waals surface area contributed by atoms with Gasteiger partial charge in [0.1, 0.15) is 0 Å². The fraction of sp³-hybridized carbons (Fsp3) is 0.375. The van der Waals surface area contributed by atoms with Crippen LogP contribution in [0.1, 0.15) is 49.2 Å². The highest BCUT2D eigenvalue weighted by atomic mass is 16.7. The van der Waals surface area contributed by atoms with Gasteiger partial charge in [-0.15, -0.1) is 0 Å². The summed E-state index contributed by atoms with van der Waals surface area (Å²) >= 11 is 0. The van der Waals surface area contributed by atoms with Crippen LogP contribution in [0.5, 0.6) is 11.5 Å². The maximum Gasteiger partial charge on any atom is 0.275 e. The Hall–Kier alpha value is -3.35. The van der Waals surface area contributed by atoms with Crippen LogP contribution in [0.4, 0.5) is 0 Å². The van der Waals surface area contributed by atoms with Crippen LogP contribution in [0.3, 0.4) is 0 Å². The average Bonchev–Trinajstić information content (AvgIpc) is 3.26. The summed E-state index contributed by atoms with van der Waals surface area (Å²) < 4.78 is 12.3. The smallest absolute Gasteiger partial charge is 0.275 e. The lowest BCUT2D eigenvalue weighted by Crippen LogP contribution is -2.34. The topological polar surface area (TPSA) is 73.7 Å². The van der Waals surface area contributed by atoms with Crippen molar-refractivity contribution in [3.8, 4) is 11.5 Å². The second-order valence-corrected chi connectivity index (χ2v) is 7.64. The molecule has 1 aromatic heterocycles. The number of carbonyl (C=O) groups excluding carboxylic acids is 1. The molecule has 0 saturated heterocycles. The zero-order valence-corrected chi connectivity index (χ0v) is 18.0. The van der Waals surface area contributed by atoms with Crippen LogP contribution in [0.25, 0.3) is 10.8 Å². The van der Waals surface area contributed by atoms with Gasteiger partial charge in [-0.3, -0.25) is 9.59 Å². The summed E-state index contributed by atoms with van der Waals surface area (Å²) in [6, 6.07) is 12.9. The third-order valence-electron chi connectivity index (χ3n) is 5.52. The highest BCUT2D eigenvalue weighted by Gasteiger charge is 2.22. The predicted molar refractivity (Wildman–Crippen MR) is 119 cm³/mol. The van der Waals surface area contributed by atoms with E-state index in [1.165, 1.54) is 4.68 Å². The molecule has 4 rings (SSSR count). The number of aryl methyl sites for hydroxylation is 1. The first kappa shape index (κ1) is 20.9. The first-order valence-corrected chi connectivity index (χ1v) is 10.8. The van der Waals surface area contributed by atoms with Crippen molar-refractivity contribution in [2.45, 2.75) is 46.2 Å². The number of hydrogen-bond donors (Lipinski definition) is 0. The minimum atomic E-state index is -0.194. The highest BCUT2D eigenvalue weighted by Crippen LogP contribution is 2.33. The zero-order chi connectivity index (χ0) is 21.8. The minimum Gasteiger partial charge on any atom is -0.454 e. The van der Waals surface area contributed by atoms with Crippen molar-refractivity contribution in [1.82, 2.24) is 14.7 Å². The van der Waals surface area contributed by atoms with E-state index >= 15 is 0 Å². The standard InChI is InChI=1S/C24H27N3O4/c1-3-5-8-13-27-23(28)19-10-7-6-9-18(19)22(25-27)24(29)26(4-2)15-17-11-12-20-21(14-17)31-16-30-20/h6-7,9-12,14H,3-5,8,13,15-16H2,1-2H3. The van der Waals surface area contributed by atoms with Gasteiger partial charge in [0.05, 0.1) is 5.39 Å². The number of nitrogens with zero attached hydrogens (tertiary/aromatic N) is 3.